The van der Waals surface area contributed by atoms with Crippen LogP contribution in [0.3, 0.4) is 0 Å². The fourth-order valence-corrected chi connectivity index (χ4v) is 3.95. The van der Waals surface area contributed by atoms with E-state index in [2.05, 4.69) is 10.6 Å². The largest absolute Gasteiger partial charge is 0.482 e. The number of carbonyl (C=O) groups excluding carboxylic acids is 4. The molecule has 1 heterocycles. The van der Waals surface area contributed by atoms with Crippen molar-refractivity contribution in [2.24, 2.45) is 0 Å². The first-order valence-corrected chi connectivity index (χ1v) is 11.9. The Kier molecular flexibility index (Phi) is 7.73. The van der Waals surface area contributed by atoms with E-state index in [1.807, 2.05) is 32.0 Å². The molecule has 0 atom stereocenters. The van der Waals surface area contributed by atoms with Crippen molar-refractivity contribution in [1.82, 2.24) is 5.32 Å². The lowest BCUT2D eigenvalue weighted by molar-refractivity contribution is -0.384. The van der Waals surface area contributed by atoms with Gasteiger partial charge in [0.25, 0.3) is 23.4 Å². The molecule has 12 heteroatoms. The average Bonchev–Trinajstić information content (AvgIpc) is 2.88. The molecule has 198 valence electrons. The van der Waals surface area contributed by atoms with E-state index in [0.29, 0.717) is 16.2 Å². The zero-order chi connectivity index (χ0) is 28.3. The molecule has 4 rings (SSSR count). The van der Waals surface area contributed by atoms with E-state index >= 15 is 0 Å². The van der Waals surface area contributed by atoms with Gasteiger partial charge in [0.15, 0.2) is 6.61 Å². The van der Waals surface area contributed by atoms with Crippen LogP contribution in [0.15, 0.2) is 66.2 Å². The normalized spacial score (nSPS) is 14.3. The summed E-state index contributed by atoms with van der Waals surface area (Å²) in [6.45, 7) is 3.48. The first-order valence-electron chi connectivity index (χ1n) is 11.5. The summed E-state index contributed by atoms with van der Waals surface area (Å²) in [5, 5.41) is 15.9. The van der Waals surface area contributed by atoms with Gasteiger partial charge < -0.3 is 10.1 Å². The first-order chi connectivity index (χ1) is 18.5. The van der Waals surface area contributed by atoms with E-state index in [0.717, 1.165) is 23.3 Å². The Morgan fingerprint density at radius 1 is 1.08 bits per heavy atom. The quantitative estimate of drug-likeness (QED) is 0.190. The highest BCUT2D eigenvalue weighted by atomic mass is 35.5. The van der Waals surface area contributed by atoms with Gasteiger partial charge in [0.2, 0.25) is 0 Å². The number of aryl methyl sites for hydroxylation is 2. The molecule has 0 bridgehead atoms. The minimum atomic E-state index is -0.989. The van der Waals surface area contributed by atoms with Crippen LogP contribution in [-0.2, 0) is 14.4 Å². The Labute approximate surface area is 227 Å². The Balaban J connectivity index is 1.48. The molecule has 1 aliphatic heterocycles. The monoisotopic (exact) mass is 548 g/mol. The van der Waals surface area contributed by atoms with Gasteiger partial charge in [-0.15, -0.1) is 0 Å². The number of imide groups is 2. The van der Waals surface area contributed by atoms with Crippen molar-refractivity contribution in [3.05, 3.63) is 98.1 Å². The van der Waals surface area contributed by atoms with Crippen LogP contribution in [0.5, 0.6) is 5.75 Å². The van der Waals surface area contributed by atoms with Gasteiger partial charge in [0.1, 0.15) is 11.3 Å². The molecule has 5 amide bonds. The first kappa shape index (κ1) is 27.0. The summed E-state index contributed by atoms with van der Waals surface area (Å²) in [6, 6.07) is 13.8. The number of anilines is 2. The standard InChI is InChI=1S/C27H21ClN4O7/c1-15-3-4-16(2)22(11-15)29-24(33)14-39-23-10-5-17(13-21(23)28)12-20-25(34)30-27(36)31(26(20)35)18-6-8-19(9-7-18)32(37)38/h3-13H,14H2,1-2H3,(H,29,33)(H,30,34,36)/b20-12-. The molecule has 0 aliphatic carbocycles. The molecule has 39 heavy (non-hydrogen) atoms. The number of nitro benzene ring substituents is 1. The number of nitro groups is 1. The van der Waals surface area contributed by atoms with E-state index in [4.69, 9.17) is 16.3 Å². The molecule has 1 saturated heterocycles. The van der Waals surface area contributed by atoms with Crippen LogP contribution in [0.1, 0.15) is 16.7 Å². The van der Waals surface area contributed by atoms with Gasteiger partial charge in [-0.1, -0.05) is 29.8 Å². The van der Waals surface area contributed by atoms with Crippen molar-refractivity contribution in [2.45, 2.75) is 13.8 Å². The molecule has 0 aromatic heterocycles. The predicted octanol–water partition coefficient (Wildman–Crippen LogP) is 4.55. The molecule has 0 unspecified atom stereocenters. The maximum absolute atomic E-state index is 13.0. The highest BCUT2D eigenvalue weighted by molar-refractivity contribution is 6.39. The van der Waals surface area contributed by atoms with Gasteiger partial charge in [-0.05, 0) is 66.9 Å². The van der Waals surface area contributed by atoms with Gasteiger partial charge in [-0.2, -0.15) is 0 Å². The molecular weight excluding hydrogens is 528 g/mol. The molecule has 1 fully saturated rings. The number of barbiturate groups is 1. The number of hydrogen-bond donors (Lipinski definition) is 2. The number of hydrogen-bond acceptors (Lipinski definition) is 7. The number of ether oxygens (including phenoxy) is 1. The maximum Gasteiger partial charge on any atom is 0.335 e. The zero-order valence-corrected chi connectivity index (χ0v) is 21.4. The second-order valence-corrected chi connectivity index (χ2v) is 8.98. The van der Waals surface area contributed by atoms with Gasteiger partial charge >= 0.3 is 6.03 Å². The third kappa shape index (κ3) is 6.11. The second kappa shape index (κ2) is 11.2. The van der Waals surface area contributed by atoms with E-state index in [-0.39, 0.29) is 40.2 Å². The van der Waals surface area contributed by atoms with Crippen LogP contribution in [0.2, 0.25) is 5.02 Å². The molecule has 0 saturated carbocycles. The third-order valence-corrected chi connectivity index (χ3v) is 6.01. The molecule has 3 aromatic carbocycles. The van der Waals surface area contributed by atoms with E-state index in [1.165, 1.54) is 36.4 Å². The number of urea groups is 1. The van der Waals surface area contributed by atoms with E-state index in [1.54, 1.807) is 0 Å². The molecule has 1 aliphatic rings. The number of non-ortho nitro benzene ring substituents is 1. The van der Waals surface area contributed by atoms with E-state index in [9.17, 15) is 29.3 Å². The highest BCUT2D eigenvalue weighted by Gasteiger charge is 2.37. The molecular formula is C27H21ClN4O7. The summed E-state index contributed by atoms with van der Waals surface area (Å²) >= 11 is 6.31. The van der Waals surface area contributed by atoms with Crippen molar-refractivity contribution in [3.8, 4) is 5.75 Å². The molecule has 0 radical (unpaired) electrons. The number of carbonyl (C=O) groups is 4. The van der Waals surface area contributed by atoms with Crippen molar-refractivity contribution < 1.29 is 28.8 Å². The number of benzene rings is 3. The van der Waals surface area contributed by atoms with Crippen LogP contribution in [-0.4, -0.2) is 35.3 Å². The van der Waals surface area contributed by atoms with E-state index < -0.39 is 22.8 Å². The number of halogens is 1. The summed E-state index contributed by atoms with van der Waals surface area (Å²) < 4.78 is 5.53. The van der Waals surface area contributed by atoms with Crippen LogP contribution < -0.4 is 20.3 Å². The minimum absolute atomic E-state index is 0.0439. The summed E-state index contributed by atoms with van der Waals surface area (Å²) in [6.07, 6.45) is 1.24. The SMILES string of the molecule is Cc1ccc(C)c(NC(=O)COc2ccc(/C=C3/C(=O)NC(=O)N(c4ccc([N+](=O)[O-])cc4)C3=O)cc2Cl)c1. The van der Waals surface area contributed by atoms with Crippen molar-refractivity contribution in [1.29, 1.82) is 0 Å². The van der Waals surface area contributed by atoms with Gasteiger partial charge in [-0.25, -0.2) is 9.69 Å². The Morgan fingerprint density at radius 2 is 1.79 bits per heavy atom. The van der Waals surface area contributed by atoms with Gasteiger partial charge in [-0.3, -0.25) is 29.8 Å². The predicted molar refractivity (Wildman–Crippen MR) is 144 cm³/mol. The van der Waals surface area contributed by atoms with Crippen molar-refractivity contribution >= 4 is 58.5 Å². The van der Waals surface area contributed by atoms with Crippen LogP contribution >= 0.6 is 11.6 Å². The lowest BCUT2D eigenvalue weighted by Crippen LogP contribution is -2.54. The Hall–Kier alpha value is -5.03. The summed E-state index contributed by atoms with van der Waals surface area (Å²) in [5.74, 6) is -2.01. The lowest BCUT2D eigenvalue weighted by Gasteiger charge is -2.26. The molecule has 11 nitrogen and oxygen atoms in total. The van der Waals surface area contributed by atoms with Crippen molar-refractivity contribution in [3.63, 3.8) is 0 Å². The minimum Gasteiger partial charge on any atom is -0.482 e. The number of amides is 5. The summed E-state index contributed by atoms with van der Waals surface area (Å²) in [5.41, 5.74) is 2.38. The van der Waals surface area contributed by atoms with Gasteiger partial charge in [0.05, 0.1) is 15.6 Å². The number of rotatable bonds is 7. The summed E-state index contributed by atoms with van der Waals surface area (Å²) in [7, 11) is 0. The molecule has 2 N–H and O–H groups in total. The smallest absolute Gasteiger partial charge is 0.335 e. The zero-order valence-electron chi connectivity index (χ0n) is 20.7. The average molecular weight is 549 g/mol. The lowest BCUT2D eigenvalue weighted by atomic mass is 10.1. The molecule has 0 spiro atoms. The maximum atomic E-state index is 13.0. The highest BCUT2D eigenvalue weighted by Crippen LogP contribution is 2.28. The third-order valence-electron chi connectivity index (χ3n) is 5.71. The molecule has 3 aromatic rings. The number of nitrogens with one attached hydrogen (secondary N) is 2. The fraction of sp³-hybridized carbons (Fsp3) is 0.111. The summed E-state index contributed by atoms with van der Waals surface area (Å²) in [4.78, 5) is 61.1. The van der Waals surface area contributed by atoms with Gasteiger partial charge in [0, 0.05) is 17.8 Å². The fourth-order valence-electron chi connectivity index (χ4n) is 3.71. The van der Waals surface area contributed by atoms with Crippen LogP contribution in [0.25, 0.3) is 6.08 Å². The Morgan fingerprint density at radius 3 is 2.46 bits per heavy atom. The van der Waals surface area contributed by atoms with Crippen molar-refractivity contribution in [2.75, 3.05) is 16.8 Å². The second-order valence-electron chi connectivity index (χ2n) is 8.58. The van der Waals surface area contributed by atoms with Crippen LogP contribution in [0.4, 0.5) is 21.9 Å². The van der Waals surface area contributed by atoms with Crippen LogP contribution in [0, 0.1) is 24.0 Å². The topological polar surface area (TPSA) is 148 Å². The Bertz CT molecular complexity index is 1550. The number of nitrogens with zero attached hydrogens (tertiary/aromatic N) is 2.